The fourth-order valence-corrected chi connectivity index (χ4v) is 4.01. The molecular formula is C18H21ClN4OS. The summed E-state index contributed by atoms with van der Waals surface area (Å²) in [6.45, 7) is 3.43. The Morgan fingerprint density at radius 1 is 1.16 bits per heavy atom. The number of benzene rings is 1. The molecule has 5 nitrogen and oxygen atoms in total. The first-order valence-electron chi connectivity index (χ1n) is 8.80. The van der Waals surface area contributed by atoms with E-state index in [4.69, 9.17) is 16.6 Å². The number of nitrogens with zero attached hydrogens (tertiary/aromatic N) is 4. The number of carbonyl (C=O) groups excluding carboxylic acids is 1. The first kappa shape index (κ1) is 16.8. The molecule has 132 valence electrons. The highest BCUT2D eigenvalue weighted by atomic mass is 35.5. The molecule has 2 aliphatic rings. The van der Waals surface area contributed by atoms with Crippen LogP contribution in [0.25, 0.3) is 0 Å². The van der Waals surface area contributed by atoms with Crippen LogP contribution in [0.1, 0.15) is 30.7 Å². The van der Waals surface area contributed by atoms with E-state index in [9.17, 15) is 4.79 Å². The lowest BCUT2D eigenvalue weighted by Gasteiger charge is -2.21. The van der Waals surface area contributed by atoms with Gasteiger partial charge in [0.1, 0.15) is 5.82 Å². The summed E-state index contributed by atoms with van der Waals surface area (Å²) >= 11 is 7.38. The minimum Gasteiger partial charge on any atom is -0.345 e. The van der Waals surface area contributed by atoms with Crippen molar-refractivity contribution in [2.75, 3.05) is 31.1 Å². The third-order valence-electron chi connectivity index (χ3n) is 4.74. The minimum absolute atomic E-state index is 0.305. The lowest BCUT2D eigenvalue weighted by molar-refractivity contribution is -0.132. The van der Waals surface area contributed by atoms with Gasteiger partial charge in [0.2, 0.25) is 11.0 Å². The standard InChI is InChI=1S/C18H21ClN4OS/c19-15-6-2-13(3-7-15)12-16-20-18(25-21-16)23-9-1-8-22(10-11-23)17(24)14-4-5-14/h2-3,6-7,14H,1,4-5,8-12H2. The maximum Gasteiger partial charge on any atom is 0.225 e. The largest absolute Gasteiger partial charge is 0.345 e. The van der Waals surface area contributed by atoms with Crippen molar-refractivity contribution in [2.24, 2.45) is 5.92 Å². The lowest BCUT2D eigenvalue weighted by Crippen LogP contribution is -2.36. The highest BCUT2D eigenvalue weighted by Gasteiger charge is 2.34. The molecule has 1 aromatic carbocycles. The second kappa shape index (κ2) is 7.30. The summed E-state index contributed by atoms with van der Waals surface area (Å²) in [6.07, 6.45) is 3.85. The number of halogens is 1. The van der Waals surface area contributed by atoms with Gasteiger partial charge in [-0.1, -0.05) is 23.7 Å². The average Bonchev–Trinajstić information content (AvgIpc) is 3.41. The number of anilines is 1. The van der Waals surface area contributed by atoms with E-state index in [1.807, 2.05) is 29.2 Å². The molecule has 0 unspecified atom stereocenters. The van der Waals surface area contributed by atoms with Crippen LogP contribution < -0.4 is 4.90 Å². The molecule has 0 radical (unpaired) electrons. The van der Waals surface area contributed by atoms with Crippen molar-refractivity contribution in [1.29, 1.82) is 0 Å². The molecule has 1 aromatic heterocycles. The molecule has 2 heterocycles. The number of hydrogen-bond acceptors (Lipinski definition) is 5. The van der Waals surface area contributed by atoms with Gasteiger partial charge in [-0.2, -0.15) is 4.37 Å². The second-order valence-corrected chi connectivity index (χ2v) is 7.90. The summed E-state index contributed by atoms with van der Waals surface area (Å²) in [6, 6.07) is 7.81. The molecule has 1 saturated heterocycles. The van der Waals surface area contributed by atoms with Gasteiger partial charge in [-0.15, -0.1) is 0 Å². The van der Waals surface area contributed by atoms with Crippen molar-refractivity contribution in [3.8, 4) is 0 Å². The fourth-order valence-electron chi connectivity index (χ4n) is 3.15. The zero-order valence-electron chi connectivity index (χ0n) is 14.0. The van der Waals surface area contributed by atoms with E-state index in [1.54, 1.807) is 0 Å². The van der Waals surface area contributed by atoms with Gasteiger partial charge >= 0.3 is 0 Å². The summed E-state index contributed by atoms with van der Waals surface area (Å²) in [4.78, 5) is 21.3. The molecule has 2 fully saturated rings. The predicted octanol–water partition coefficient (Wildman–Crippen LogP) is 3.23. The van der Waals surface area contributed by atoms with Gasteiger partial charge in [0.15, 0.2) is 0 Å². The molecule has 0 bridgehead atoms. The predicted molar refractivity (Wildman–Crippen MR) is 100 cm³/mol. The topological polar surface area (TPSA) is 49.3 Å². The number of rotatable bonds is 4. The van der Waals surface area contributed by atoms with Crippen LogP contribution in [0.15, 0.2) is 24.3 Å². The quantitative estimate of drug-likeness (QED) is 0.822. The molecule has 4 rings (SSSR count). The van der Waals surface area contributed by atoms with Crippen molar-refractivity contribution in [3.05, 3.63) is 40.7 Å². The van der Waals surface area contributed by atoms with Crippen molar-refractivity contribution < 1.29 is 4.79 Å². The van der Waals surface area contributed by atoms with Crippen molar-refractivity contribution in [1.82, 2.24) is 14.3 Å². The van der Waals surface area contributed by atoms with Crippen molar-refractivity contribution >= 4 is 34.2 Å². The van der Waals surface area contributed by atoms with Crippen LogP contribution in [-0.4, -0.2) is 46.3 Å². The van der Waals surface area contributed by atoms with Gasteiger partial charge in [-0.25, -0.2) is 4.98 Å². The smallest absolute Gasteiger partial charge is 0.225 e. The number of amides is 1. The molecule has 0 N–H and O–H groups in total. The molecule has 0 atom stereocenters. The molecule has 25 heavy (non-hydrogen) atoms. The van der Waals surface area contributed by atoms with Crippen LogP contribution in [0.2, 0.25) is 5.02 Å². The Bertz CT molecular complexity index is 744. The maximum atomic E-state index is 12.3. The first-order chi connectivity index (χ1) is 12.2. The average molecular weight is 377 g/mol. The van der Waals surface area contributed by atoms with Crippen LogP contribution in [0.3, 0.4) is 0 Å². The highest BCUT2D eigenvalue weighted by molar-refractivity contribution is 7.09. The summed E-state index contributed by atoms with van der Waals surface area (Å²) in [5.74, 6) is 1.50. The first-order valence-corrected chi connectivity index (χ1v) is 9.95. The van der Waals surface area contributed by atoms with Gasteiger partial charge in [-0.3, -0.25) is 4.79 Å². The molecule has 2 aromatic rings. The van der Waals surface area contributed by atoms with E-state index in [1.165, 1.54) is 11.5 Å². The highest BCUT2D eigenvalue weighted by Crippen LogP contribution is 2.31. The summed E-state index contributed by atoms with van der Waals surface area (Å²) in [5.41, 5.74) is 1.16. The molecule has 7 heteroatoms. The van der Waals surface area contributed by atoms with Crippen LogP contribution in [0.5, 0.6) is 0 Å². The summed E-state index contributed by atoms with van der Waals surface area (Å²) in [5, 5.41) is 1.70. The van der Waals surface area contributed by atoms with E-state index in [0.717, 1.165) is 67.0 Å². The lowest BCUT2D eigenvalue weighted by atomic mass is 10.1. The van der Waals surface area contributed by atoms with Gasteiger partial charge in [0.05, 0.1) is 0 Å². The zero-order valence-corrected chi connectivity index (χ0v) is 15.6. The molecule has 1 aliphatic carbocycles. The molecule has 1 saturated carbocycles. The van der Waals surface area contributed by atoms with Crippen LogP contribution in [-0.2, 0) is 11.2 Å². The number of hydrogen-bond donors (Lipinski definition) is 0. The Morgan fingerprint density at radius 2 is 1.96 bits per heavy atom. The van der Waals surface area contributed by atoms with Crippen LogP contribution >= 0.6 is 23.1 Å². The Morgan fingerprint density at radius 3 is 2.72 bits per heavy atom. The van der Waals surface area contributed by atoms with Crippen LogP contribution in [0, 0.1) is 5.92 Å². The van der Waals surface area contributed by atoms with Crippen LogP contribution in [0.4, 0.5) is 5.13 Å². The third kappa shape index (κ3) is 4.12. The Hall–Kier alpha value is -1.66. The Kier molecular flexibility index (Phi) is 4.90. The van der Waals surface area contributed by atoms with E-state index in [0.29, 0.717) is 18.2 Å². The molecular weight excluding hydrogens is 356 g/mol. The van der Waals surface area contributed by atoms with E-state index >= 15 is 0 Å². The number of aromatic nitrogens is 2. The van der Waals surface area contributed by atoms with Crippen molar-refractivity contribution in [3.63, 3.8) is 0 Å². The van der Waals surface area contributed by atoms with E-state index in [-0.39, 0.29) is 0 Å². The Labute approximate surface area is 156 Å². The molecule has 0 spiro atoms. The van der Waals surface area contributed by atoms with Gasteiger partial charge < -0.3 is 9.80 Å². The van der Waals surface area contributed by atoms with Gasteiger partial charge in [0, 0.05) is 55.1 Å². The SMILES string of the molecule is O=C(C1CC1)N1CCCN(c2nc(Cc3ccc(Cl)cc3)ns2)CC1. The minimum atomic E-state index is 0.305. The second-order valence-electron chi connectivity index (χ2n) is 6.74. The van der Waals surface area contributed by atoms with Gasteiger partial charge in [0.25, 0.3) is 0 Å². The zero-order chi connectivity index (χ0) is 17.2. The summed E-state index contributed by atoms with van der Waals surface area (Å²) in [7, 11) is 0. The number of carbonyl (C=O) groups is 1. The normalized spacial score (nSPS) is 18.3. The maximum absolute atomic E-state index is 12.3. The van der Waals surface area contributed by atoms with Gasteiger partial charge in [-0.05, 0) is 37.0 Å². The monoisotopic (exact) mass is 376 g/mol. The third-order valence-corrected chi connectivity index (χ3v) is 5.80. The van der Waals surface area contributed by atoms with Crippen molar-refractivity contribution in [2.45, 2.75) is 25.7 Å². The molecule has 1 amide bonds. The van der Waals surface area contributed by atoms with E-state index in [2.05, 4.69) is 9.27 Å². The molecule has 1 aliphatic heterocycles. The fraction of sp³-hybridized carbons (Fsp3) is 0.500. The Balaban J connectivity index is 1.38. The summed E-state index contributed by atoms with van der Waals surface area (Å²) < 4.78 is 4.51. The van der Waals surface area contributed by atoms with E-state index < -0.39 is 0 Å².